The van der Waals surface area contributed by atoms with Gasteiger partial charge in [0.15, 0.2) is 5.76 Å². The lowest BCUT2D eigenvalue weighted by Crippen LogP contribution is -2.50. The van der Waals surface area contributed by atoms with Crippen LogP contribution in [0.5, 0.6) is 5.75 Å². The van der Waals surface area contributed by atoms with Crippen molar-refractivity contribution < 1.29 is 22.4 Å². The average Bonchev–Trinajstić information content (AvgIpc) is 3.31. The third kappa shape index (κ3) is 5.27. The second-order valence-corrected chi connectivity index (χ2v) is 9.14. The quantitative estimate of drug-likeness (QED) is 0.547. The summed E-state index contributed by atoms with van der Waals surface area (Å²) in [7, 11) is -3.56. The number of hydrogen-bond donors (Lipinski definition) is 0. The lowest BCUT2D eigenvalue weighted by molar-refractivity contribution is 0.0663. The highest BCUT2D eigenvalue weighted by Crippen LogP contribution is 2.19. The molecule has 32 heavy (non-hydrogen) atoms. The van der Waals surface area contributed by atoms with Crippen LogP contribution in [0.2, 0.25) is 0 Å². The number of hydrogen-bond acceptors (Lipinski definition) is 5. The number of carbonyl (C=O) groups excluding carboxylic acids is 1. The summed E-state index contributed by atoms with van der Waals surface area (Å²) >= 11 is 0. The molecule has 0 atom stereocenters. The normalized spacial score (nSPS) is 15.2. The Morgan fingerprint density at radius 2 is 1.59 bits per heavy atom. The van der Waals surface area contributed by atoms with E-state index in [1.54, 1.807) is 17.0 Å². The number of benzene rings is 2. The molecule has 2 aromatic carbocycles. The maximum absolute atomic E-state index is 13.0. The van der Waals surface area contributed by atoms with Crippen molar-refractivity contribution in [2.75, 3.05) is 26.2 Å². The van der Waals surface area contributed by atoms with Gasteiger partial charge in [-0.25, -0.2) is 8.42 Å². The first kappa shape index (κ1) is 21.9. The van der Waals surface area contributed by atoms with Crippen LogP contribution in [0.1, 0.15) is 21.7 Å². The Hall–Kier alpha value is -3.36. The Balaban J connectivity index is 1.35. The summed E-state index contributed by atoms with van der Waals surface area (Å²) < 4.78 is 37.8. The highest BCUT2D eigenvalue weighted by atomic mass is 32.2. The number of para-hydroxylation sites is 1. The van der Waals surface area contributed by atoms with Crippen LogP contribution in [-0.4, -0.2) is 49.7 Å². The van der Waals surface area contributed by atoms with Crippen LogP contribution < -0.4 is 4.74 Å². The molecule has 2 heterocycles. The van der Waals surface area contributed by atoms with Gasteiger partial charge in [0, 0.05) is 37.2 Å². The first-order chi connectivity index (χ1) is 15.5. The maximum Gasteiger partial charge on any atom is 0.290 e. The number of carbonyl (C=O) groups is 1. The molecule has 1 aliphatic rings. The summed E-state index contributed by atoms with van der Waals surface area (Å²) in [6, 6.07) is 20.3. The first-order valence-electron chi connectivity index (χ1n) is 10.3. The number of sulfonamides is 1. The molecule has 0 N–H and O–H groups in total. The number of piperazine rings is 1. The van der Waals surface area contributed by atoms with Gasteiger partial charge in [-0.3, -0.25) is 4.79 Å². The lowest BCUT2D eigenvalue weighted by atomic mass is 10.2. The van der Waals surface area contributed by atoms with Gasteiger partial charge >= 0.3 is 0 Å². The molecule has 8 heteroatoms. The van der Waals surface area contributed by atoms with Gasteiger partial charge in [-0.05, 0) is 29.8 Å². The van der Waals surface area contributed by atoms with Crippen molar-refractivity contribution in [3.8, 4) is 5.75 Å². The van der Waals surface area contributed by atoms with Gasteiger partial charge < -0.3 is 14.1 Å². The van der Waals surface area contributed by atoms with Crippen molar-refractivity contribution >= 4 is 22.0 Å². The zero-order chi connectivity index (χ0) is 22.4. The Kier molecular flexibility index (Phi) is 6.72. The Bertz CT molecular complexity index is 1170. The fraction of sp³-hybridized carbons (Fsp3) is 0.208. The Morgan fingerprint density at radius 3 is 2.28 bits per heavy atom. The Labute approximate surface area is 187 Å². The molecule has 3 aromatic rings. The van der Waals surface area contributed by atoms with Crippen LogP contribution in [0.4, 0.5) is 0 Å². The van der Waals surface area contributed by atoms with Crippen LogP contribution in [0.3, 0.4) is 0 Å². The highest BCUT2D eigenvalue weighted by Gasteiger charge is 2.30. The van der Waals surface area contributed by atoms with Gasteiger partial charge in [0.05, 0.1) is 6.26 Å². The van der Waals surface area contributed by atoms with Gasteiger partial charge in [-0.1, -0.05) is 48.5 Å². The molecule has 1 amide bonds. The Morgan fingerprint density at radius 1 is 0.938 bits per heavy atom. The van der Waals surface area contributed by atoms with E-state index in [4.69, 9.17) is 9.15 Å². The fourth-order valence-corrected chi connectivity index (χ4v) is 4.59. The third-order valence-corrected chi connectivity index (χ3v) is 6.76. The van der Waals surface area contributed by atoms with E-state index in [2.05, 4.69) is 0 Å². The molecule has 166 valence electrons. The summed E-state index contributed by atoms with van der Waals surface area (Å²) in [6.07, 6.45) is 3.04. The van der Waals surface area contributed by atoms with Crippen LogP contribution in [0.15, 0.2) is 82.8 Å². The van der Waals surface area contributed by atoms with Gasteiger partial charge in [0.25, 0.3) is 5.91 Å². The van der Waals surface area contributed by atoms with Crippen molar-refractivity contribution in [1.82, 2.24) is 9.21 Å². The van der Waals surface area contributed by atoms with Crippen LogP contribution in [0, 0.1) is 0 Å². The van der Waals surface area contributed by atoms with E-state index < -0.39 is 10.0 Å². The van der Waals surface area contributed by atoms with Crippen molar-refractivity contribution in [2.24, 2.45) is 0 Å². The van der Waals surface area contributed by atoms with Crippen molar-refractivity contribution in [3.05, 3.63) is 95.3 Å². The molecule has 1 aromatic heterocycles. The molecule has 1 aliphatic heterocycles. The second-order valence-electron chi connectivity index (χ2n) is 7.33. The van der Waals surface area contributed by atoms with Gasteiger partial charge in [-0.2, -0.15) is 4.31 Å². The number of ether oxygens (including phenoxy) is 1. The summed E-state index contributed by atoms with van der Waals surface area (Å²) in [6.45, 7) is 1.24. The van der Waals surface area contributed by atoms with E-state index >= 15 is 0 Å². The van der Waals surface area contributed by atoms with E-state index in [9.17, 15) is 13.2 Å². The molecule has 0 aliphatic carbocycles. The van der Waals surface area contributed by atoms with Gasteiger partial charge in [-0.15, -0.1) is 0 Å². The van der Waals surface area contributed by atoms with Crippen molar-refractivity contribution in [3.63, 3.8) is 0 Å². The zero-order valence-electron chi connectivity index (χ0n) is 17.5. The van der Waals surface area contributed by atoms with E-state index in [0.29, 0.717) is 11.3 Å². The molecule has 4 rings (SSSR count). The molecule has 7 nitrogen and oxygen atoms in total. The van der Waals surface area contributed by atoms with Crippen LogP contribution in [-0.2, 0) is 16.6 Å². The topological polar surface area (TPSA) is 80.1 Å². The summed E-state index contributed by atoms with van der Waals surface area (Å²) in [4.78, 5) is 14.6. The second kappa shape index (κ2) is 9.84. The number of rotatable bonds is 7. The average molecular weight is 453 g/mol. The van der Waals surface area contributed by atoms with Crippen LogP contribution >= 0.6 is 0 Å². The van der Waals surface area contributed by atoms with E-state index in [1.807, 2.05) is 60.7 Å². The molecule has 0 saturated carbocycles. The predicted molar refractivity (Wildman–Crippen MR) is 121 cm³/mol. The minimum Gasteiger partial charge on any atom is -0.489 e. The SMILES string of the molecule is O=C(c1occc1COc1ccccc1)N1CCN(S(=O)(=O)/C=C/c2ccccc2)CC1. The smallest absolute Gasteiger partial charge is 0.290 e. The molecule has 1 fully saturated rings. The maximum atomic E-state index is 13.0. The fourth-order valence-electron chi connectivity index (χ4n) is 3.42. The van der Waals surface area contributed by atoms with E-state index in [-0.39, 0.29) is 44.5 Å². The third-order valence-electron chi connectivity index (χ3n) is 5.20. The van der Waals surface area contributed by atoms with Gasteiger partial charge in [0.2, 0.25) is 10.0 Å². The van der Waals surface area contributed by atoms with Gasteiger partial charge in [0.1, 0.15) is 12.4 Å². The lowest BCUT2D eigenvalue weighted by Gasteiger charge is -2.33. The predicted octanol–water partition coefficient (Wildman–Crippen LogP) is 3.62. The molecular formula is C24H24N2O5S. The minimum atomic E-state index is -3.56. The molecule has 0 spiro atoms. The standard InChI is InChI=1S/C24H24N2O5S/c27-24(23-21(11-17-30-23)19-31-22-9-5-2-6-10-22)25-13-15-26(16-14-25)32(28,29)18-12-20-7-3-1-4-8-20/h1-12,17-18H,13-16,19H2/b18-12+. The highest BCUT2D eigenvalue weighted by molar-refractivity contribution is 7.92. The minimum absolute atomic E-state index is 0.209. The largest absolute Gasteiger partial charge is 0.489 e. The summed E-state index contributed by atoms with van der Waals surface area (Å²) in [5.41, 5.74) is 1.47. The van der Waals surface area contributed by atoms with E-state index in [1.165, 1.54) is 16.0 Å². The number of nitrogens with zero attached hydrogens (tertiary/aromatic N) is 2. The summed E-state index contributed by atoms with van der Waals surface area (Å²) in [5.74, 6) is 0.661. The monoisotopic (exact) mass is 452 g/mol. The zero-order valence-corrected chi connectivity index (χ0v) is 18.3. The molecule has 0 radical (unpaired) electrons. The van der Waals surface area contributed by atoms with E-state index in [0.717, 1.165) is 5.56 Å². The number of furan rings is 1. The molecule has 0 bridgehead atoms. The molecule has 0 unspecified atom stereocenters. The first-order valence-corrected chi connectivity index (χ1v) is 11.8. The van der Waals surface area contributed by atoms with Crippen LogP contribution in [0.25, 0.3) is 6.08 Å². The molecule has 1 saturated heterocycles. The van der Waals surface area contributed by atoms with Crippen molar-refractivity contribution in [1.29, 1.82) is 0 Å². The number of amides is 1. The molecular weight excluding hydrogens is 428 g/mol. The van der Waals surface area contributed by atoms with Crippen molar-refractivity contribution in [2.45, 2.75) is 6.61 Å². The summed E-state index contributed by atoms with van der Waals surface area (Å²) in [5, 5.41) is 1.21.